The Morgan fingerprint density at radius 3 is 2.75 bits per heavy atom. The Hall–Kier alpha value is -1.32. The van der Waals surface area contributed by atoms with Crippen LogP contribution in [0.3, 0.4) is 0 Å². The van der Waals surface area contributed by atoms with Gasteiger partial charge in [-0.05, 0) is 54.8 Å². The summed E-state index contributed by atoms with van der Waals surface area (Å²) in [5, 5.41) is 8.01. The molecule has 1 aromatic heterocycles. The van der Waals surface area contributed by atoms with Crippen molar-refractivity contribution in [3.05, 3.63) is 52.2 Å². The zero-order valence-corrected chi connectivity index (χ0v) is 13.1. The zero-order chi connectivity index (χ0) is 14.2. The number of thiophene rings is 1. The number of para-hydroxylation sites is 1. The maximum atomic E-state index is 5.78. The molecular weight excluding hydrogens is 266 g/mol. The molecule has 2 aromatic rings. The topological polar surface area (TPSA) is 21.3 Å². The van der Waals surface area contributed by atoms with Crippen molar-refractivity contribution in [2.24, 2.45) is 0 Å². The molecule has 20 heavy (non-hydrogen) atoms. The summed E-state index contributed by atoms with van der Waals surface area (Å²) in [6.07, 6.45) is 2.14. The third-order valence-electron chi connectivity index (χ3n) is 3.25. The molecule has 1 unspecified atom stereocenters. The molecule has 1 atom stereocenters. The van der Waals surface area contributed by atoms with E-state index in [1.807, 2.05) is 13.0 Å². The van der Waals surface area contributed by atoms with Crippen molar-refractivity contribution in [2.45, 2.75) is 32.7 Å². The third-order valence-corrected chi connectivity index (χ3v) is 3.99. The van der Waals surface area contributed by atoms with E-state index in [0.717, 1.165) is 25.1 Å². The molecule has 108 valence electrons. The lowest BCUT2D eigenvalue weighted by Crippen LogP contribution is -2.24. The average Bonchev–Trinajstić information content (AvgIpc) is 2.97. The highest BCUT2D eigenvalue weighted by Crippen LogP contribution is 2.28. The number of hydrogen-bond acceptors (Lipinski definition) is 3. The Bertz CT molecular complexity index is 495. The first-order valence-electron chi connectivity index (χ1n) is 7.31. The van der Waals surface area contributed by atoms with E-state index in [1.165, 1.54) is 11.1 Å². The van der Waals surface area contributed by atoms with Gasteiger partial charge in [-0.1, -0.05) is 25.1 Å². The van der Waals surface area contributed by atoms with Crippen molar-refractivity contribution in [2.75, 3.05) is 13.2 Å². The van der Waals surface area contributed by atoms with Crippen LogP contribution in [0.5, 0.6) is 5.75 Å². The van der Waals surface area contributed by atoms with Gasteiger partial charge in [-0.2, -0.15) is 11.3 Å². The molecule has 0 amide bonds. The van der Waals surface area contributed by atoms with E-state index in [9.17, 15) is 0 Å². The van der Waals surface area contributed by atoms with Gasteiger partial charge >= 0.3 is 0 Å². The summed E-state index contributed by atoms with van der Waals surface area (Å²) in [7, 11) is 0. The highest BCUT2D eigenvalue weighted by Gasteiger charge is 2.16. The fraction of sp³-hybridized carbons (Fsp3) is 0.412. The molecule has 0 saturated carbocycles. The second-order valence-corrected chi connectivity index (χ2v) is 5.59. The van der Waals surface area contributed by atoms with Crippen molar-refractivity contribution in [3.63, 3.8) is 0 Å². The normalized spacial score (nSPS) is 12.3. The number of rotatable bonds is 8. The maximum absolute atomic E-state index is 5.78. The molecule has 0 aliphatic carbocycles. The highest BCUT2D eigenvalue weighted by molar-refractivity contribution is 7.07. The van der Waals surface area contributed by atoms with Crippen LogP contribution in [0.2, 0.25) is 0 Å². The first kappa shape index (κ1) is 15.1. The SMILES string of the molecule is CCCNC(Cc1ccsc1)c1ccccc1OCC. The molecular formula is C17H23NOS. The van der Waals surface area contributed by atoms with Crippen LogP contribution >= 0.6 is 11.3 Å². The van der Waals surface area contributed by atoms with Crippen LogP contribution in [-0.2, 0) is 6.42 Å². The minimum Gasteiger partial charge on any atom is -0.494 e. The molecule has 0 saturated heterocycles. The van der Waals surface area contributed by atoms with E-state index in [4.69, 9.17) is 4.74 Å². The van der Waals surface area contributed by atoms with Gasteiger partial charge in [-0.3, -0.25) is 0 Å². The van der Waals surface area contributed by atoms with Crippen LogP contribution in [0, 0.1) is 0 Å². The van der Waals surface area contributed by atoms with E-state index in [-0.39, 0.29) is 0 Å². The molecule has 0 spiro atoms. The van der Waals surface area contributed by atoms with Crippen molar-refractivity contribution >= 4 is 11.3 Å². The van der Waals surface area contributed by atoms with Gasteiger partial charge in [0, 0.05) is 11.6 Å². The zero-order valence-electron chi connectivity index (χ0n) is 12.3. The van der Waals surface area contributed by atoms with Crippen LogP contribution in [0.1, 0.15) is 37.4 Å². The van der Waals surface area contributed by atoms with Gasteiger partial charge in [-0.15, -0.1) is 0 Å². The van der Waals surface area contributed by atoms with Gasteiger partial charge in [0.15, 0.2) is 0 Å². The fourth-order valence-electron chi connectivity index (χ4n) is 2.31. The van der Waals surface area contributed by atoms with Crippen LogP contribution in [0.4, 0.5) is 0 Å². The minimum atomic E-state index is 0.312. The smallest absolute Gasteiger partial charge is 0.124 e. The van der Waals surface area contributed by atoms with Crippen molar-refractivity contribution in [1.82, 2.24) is 5.32 Å². The van der Waals surface area contributed by atoms with Crippen LogP contribution < -0.4 is 10.1 Å². The highest BCUT2D eigenvalue weighted by atomic mass is 32.1. The Morgan fingerprint density at radius 1 is 1.20 bits per heavy atom. The molecule has 0 bridgehead atoms. The van der Waals surface area contributed by atoms with Crippen LogP contribution in [0.25, 0.3) is 0 Å². The summed E-state index contributed by atoms with van der Waals surface area (Å²) in [5.74, 6) is 0.999. The summed E-state index contributed by atoms with van der Waals surface area (Å²) < 4.78 is 5.78. The predicted molar refractivity (Wildman–Crippen MR) is 86.7 cm³/mol. The van der Waals surface area contributed by atoms with Gasteiger partial charge in [-0.25, -0.2) is 0 Å². The molecule has 1 aromatic carbocycles. The Labute approximate surface area is 125 Å². The van der Waals surface area contributed by atoms with Crippen molar-refractivity contribution < 1.29 is 4.74 Å². The van der Waals surface area contributed by atoms with Gasteiger partial charge < -0.3 is 10.1 Å². The second-order valence-electron chi connectivity index (χ2n) is 4.81. The largest absolute Gasteiger partial charge is 0.494 e. The molecule has 2 rings (SSSR count). The van der Waals surface area contributed by atoms with E-state index in [2.05, 4.69) is 47.3 Å². The van der Waals surface area contributed by atoms with Crippen molar-refractivity contribution in [1.29, 1.82) is 0 Å². The Kier molecular flexibility index (Phi) is 6.09. The van der Waals surface area contributed by atoms with E-state index < -0.39 is 0 Å². The number of hydrogen-bond donors (Lipinski definition) is 1. The molecule has 1 N–H and O–H groups in total. The quantitative estimate of drug-likeness (QED) is 0.776. The third kappa shape index (κ3) is 4.09. The Morgan fingerprint density at radius 2 is 2.05 bits per heavy atom. The summed E-state index contributed by atoms with van der Waals surface area (Å²) in [6, 6.07) is 10.9. The molecule has 2 nitrogen and oxygen atoms in total. The second kappa shape index (κ2) is 8.08. The number of ether oxygens (including phenoxy) is 1. The predicted octanol–water partition coefficient (Wildman–Crippen LogP) is 4.43. The monoisotopic (exact) mass is 289 g/mol. The van der Waals surface area contributed by atoms with Gasteiger partial charge in [0.1, 0.15) is 5.75 Å². The lowest BCUT2D eigenvalue weighted by atomic mass is 9.99. The lowest BCUT2D eigenvalue weighted by Gasteiger charge is -2.21. The van der Waals surface area contributed by atoms with Crippen LogP contribution in [-0.4, -0.2) is 13.2 Å². The van der Waals surface area contributed by atoms with Gasteiger partial charge in [0.2, 0.25) is 0 Å². The molecule has 0 radical (unpaired) electrons. The van der Waals surface area contributed by atoms with Gasteiger partial charge in [0.25, 0.3) is 0 Å². The lowest BCUT2D eigenvalue weighted by molar-refractivity contribution is 0.331. The first-order valence-corrected chi connectivity index (χ1v) is 8.25. The summed E-state index contributed by atoms with van der Waals surface area (Å²) in [4.78, 5) is 0. The molecule has 0 aliphatic heterocycles. The summed E-state index contributed by atoms with van der Waals surface area (Å²) in [6.45, 7) is 5.96. The standard InChI is InChI=1S/C17H23NOS/c1-3-10-18-16(12-14-9-11-20-13-14)15-7-5-6-8-17(15)19-4-2/h5-9,11,13,16,18H,3-4,10,12H2,1-2H3. The van der Waals surface area contributed by atoms with E-state index in [1.54, 1.807) is 11.3 Å². The molecule has 1 heterocycles. The molecule has 0 fully saturated rings. The number of benzene rings is 1. The van der Waals surface area contributed by atoms with Gasteiger partial charge in [0.05, 0.1) is 6.61 Å². The van der Waals surface area contributed by atoms with E-state index in [0.29, 0.717) is 12.6 Å². The fourth-order valence-corrected chi connectivity index (χ4v) is 2.99. The summed E-state index contributed by atoms with van der Waals surface area (Å²) in [5.41, 5.74) is 2.64. The van der Waals surface area contributed by atoms with Crippen LogP contribution in [0.15, 0.2) is 41.1 Å². The molecule has 0 aliphatic rings. The van der Waals surface area contributed by atoms with E-state index >= 15 is 0 Å². The Balaban J connectivity index is 2.20. The summed E-state index contributed by atoms with van der Waals surface area (Å²) >= 11 is 1.76. The number of nitrogens with one attached hydrogen (secondary N) is 1. The maximum Gasteiger partial charge on any atom is 0.124 e. The van der Waals surface area contributed by atoms with Crippen molar-refractivity contribution in [3.8, 4) is 5.75 Å². The minimum absolute atomic E-state index is 0.312. The average molecular weight is 289 g/mol. The molecule has 3 heteroatoms. The first-order chi connectivity index (χ1) is 9.85.